The van der Waals surface area contributed by atoms with E-state index >= 15 is 0 Å². The summed E-state index contributed by atoms with van der Waals surface area (Å²) in [6.07, 6.45) is 1.78. The molecule has 3 aromatic carbocycles. The van der Waals surface area contributed by atoms with Gasteiger partial charge in [-0.15, -0.1) is 0 Å². The lowest BCUT2D eigenvalue weighted by Crippen LogP contribution is -2.09. The highest BCUT2D eigenvalue weighted by Gasteiger charge is 2.16. The monoisotopic (exact) mass is 445 g/mol. The Bertz CT molecular complexity index is 1450. The van der Waals surface area contributed by atoms with Gasteiger partial charge in [-0.2, -0.15) is 0 Å². The molecule has 0 unspecified atom stereocenters. The number of benzene rings is 3. The van der Waals surface area contributed by atoms with Crippen LogP contribution in [0.4, 0.5) is 11.5 Å². The number of fused-ring (bicyclic) bond motifs is 1. The topological polar surface area (TPSA) is 79.8 Å². The molecule has 34 heavy (non-hydrogen) atoms. The van der Waals surface area contributed by atoms with Crippen molar-refractivity contribution in [2.24, 2.45) is 0 Å². The first-order valence-electron chi connectivity index (χ1n) is 11.1. The van der Waals surface area contributed by atoms with Crippen molar-refractivity contribution in [2.75, 3.05) is 10.6 Å². The molecular weight excluding hydrogens is 422 g/mol. The second-order valence-electron chi connectivity index (χ2n) is 7.86. The maximum absolute atomic E-state index is 11.8. The number of rotatable bonds is 6. The van der Waals surface area contributed by atoms with Crippen LogP contribution in [0.2, 0.25) is 0 Å². The summed E-state index contributed by atoms with van der Waals surface area (Å²) in [4.78, 5) is 26.0. The molecule has 0 fully saturated rings. The molecule has 0 radical (unpaired) electrons. The lowest BCUT2D eigenvalue weighted by Gasteiger charge is -2.15. The van der Waals surface area contributed by atoms with Gasteiger partial charge in [0.2, 0.25) is 5.91 Å². The number of carbonyl (C=O) groups is 1. The van der Waals surface area contributed by atoms with Gasteiger partial charge in [-0.05, 0) is 41.5 Å². The zero-order chi connectivity index (χ0) is 23.3. The Morgan fingerprint density at radius 1 is 0.794 bits per heavy atom. The maximum atomic E-state index is 11.8. The van der Waals surface area contributed by atoms with Gasteiger partial charge in [-0.25, -0.2) is 9.97 Å². The third-order valence-electron chi connectivity index (χ3n) is 5.45. The predicted molar refractivity (Wildman–Crippen MR) is 136 cm³/mol. The molecule has 5 rings (SSSR count). The number of aromatic nitrogens is 3. The fourth-order valence-electron chi connectivity index (χ4n) is 3.94. The van der Waals surface area contributed by atoms with Crippen LogP contribution in [-0.2, 0) is 11.3 Å². The highest BCUT2D eigenvalue weighted by molar-refractivity contribution is 6.03. The van der Waals surface area contributed by atoms with Gasteiger partial charge in [0.25, 0.3) is 0 Å². The molecule has 6 heteroatoms. The van der Waals surface area contributed by atoms with Gasteiger partial charge in [0.05, 0.1) is 28.8 Å². The number of pyridine rings is 1. The molecule has 0 spiro atoms. The standard InChI is InChI=1S/C28H23N5O/c1-19(34)31-24-15-6-5-13-23(24)27-32-25-16-9-14-22(20-10-3-2-4-11-20)26(25)28(33-27)30-18-21-12-7-8-17-29-21/h2-17H,18H2,1H3,(H,31,34)(H,30,32,33). The zero-order valence-corrected chi connectivity index (χ0v) is 18.7. The van der Waals surface area contributed by atoms with Crippen LogP contribution in [0.25, 0.3) is 33.4 Å². The quantitative estimate of drug-likeness (QED) is 0.339. The van der Waals surface area contributed by atoms with Crippen LogP contribution in [0.15, 0.2) is 97.2 Å². The fraction of sp³-hybridized carbons (Fsp3) is 0.0714. The number of hydrogen-bond acceptors (Lipinski definition) is 5. The van der Waals surface area contributed by atoms with E-state index in [0.717, 1.165) is 33.3 Å². The average Bonchev–Trinajstić information content (AvgIpc) is 2.88. The van der Waals surface area contributed by atoms with Crippen molar-refractivity contribution in [3.63, 3.8) is 0 Å². The van der Waals surface area contributed by atoms with Crippen molar-refractivity contribution in [2.45, 2.75) is 13.5 Å². The number of amides is 1. The van der Waals surface area contributed by atoms with Crippen LogP contribution in [0.5, 0.6) is 0 Å². The van der Waals surface area contributed by atoms with Crippen LogP contribution in [-0.4, -0.2) is 20.9 Å². The van der Waals surface area contributed by atoms with E-state index in [1.54, 1.807) is 6.20 Å². The summed E-state index contributed by atoms with van der Waals surface area (Å²) < 4.78 is 0. The molecular formula is C28H23N5O. The molecule has 1 amide bonds. The molecule has 0 aliphatic rings. The minimum atomic E-state index is -0.145. The summed E-state index contributed by atoms with van der Waals surface area (Å²) in [5.41, 5.74) is 5.28. The Hall–Kier alpha value is -4.58. The summed E-state index contributed by atoms with van der Waals surface area (Å²) in [5, 5.41) is 7.30. The van der Waals surface area contributed by atoms with Crippen molar-refractivity contribution < 1.29 is 4.79 Å². The van der Waals surface area contributed by atoms with Gasteiger partial charge in [0, 0.05) is 18.7 Å². The van der Waals surface area contributed by atoms with E-state index in [-0.39, 0.29) is 5.91 Å². The lowest BCUT2D eigenvalue weighted by molar-refractivity contribution is -0.114. The van der Waals surface area contributed by atoms with Crippen molar-refractivity contribution in [3.05, 3.63) is 103 Å². The van der Waals surface area contributed by atoms with E-state index in [1.807, 2.05) is 72.8 Å². The number of anilines is 2. The van der Waals surface area contributed by atoms with Crippen molar-refractivity contribution in [1.82, 2.24) is 15.0 Å². The molecule has 6 nitrogen and oxygen atoms in total. The van der Waals surface area contributed by atoms with Gasteiger partial charge in [0.15, 0.2) is 5.82 Å². The minimum Gasteiger partial charge on any atom is -0.364 e. The minimum absolute atomic E-state index is 0.145. The maximum Gasteiger partial charge on any atom is 0.221 e. The van der Waals surface area contributed by atoms with Gasteiger partial charge >= 0.3 is 0 Å². The molecule has 0 saturated carbocycles. The van der Waals surface area contributed by atoms with Crippen LogP contribution in [0.3, 0.4) is 0 Å². The van der Waals surface area contributed by atoms with Crippen molar-refractivity contribution >= 4 is 28.3 Å². The van der Waals surface area contributed by atoms with Crippen LogP contribution < -0.4 is 10.6 Å². The zero-order valence-electron chi connectivity index (χ0n) is 18.7. The summed E-state index contributed by atoms with van der Waals surface area (Å²) in [6.45, 7) is 2.01. The first-order chi connectivity index (χ1) is 16.7. The SMILES string of the molecule is CC(=O)Nc1ccccc1-c1nc(NCc2ccccn2)c2c(-c3ccccc3)cccc2n1. The Morgan fingerprint density at radius 3 is 2.35 bits per heavy atom. The van der Waals surface area contributed by atoms with E-state index in [4.69, 9.17) is 9.97 Å². The third kappa shape index (κ3) is 4.47. The molecule has 5 aromatic rings. The van der Waals surface area contributed by atoms with E-state index in [9.17, 15) is 4.79 Å². The lowest BCUT2D eigenvalue weighted by atomic mass is 10.0. The largest absolute Gasteiger partial charge is 0.364 e. The normalized spacial score (nSPS) is 10.7. The Labute approximate surface area is 197 Å². The van der Waals surface area contributed by atoms with E-state index in [1.165, 1.54) is 6.92 Å². The second kappa shape index (κ2) is 9.50. The average molecular weight is 446 g/mol. The van der Waals surface area contributed by atoms with Gasteiger partial charge in [0.1, 0.15) is 5.82 Å². The van der Waals surface area contributed by atoms with E-state index in [2.05, 4.69) is 33.8 Å². The Morgan fingerprint density at radius 2 is 1.56 bits per heavy atom. The highest BCUT2D eigenvalue weighted by atomic mass is 16.1. The summed E-state index contributed by atoms with van der Waals surface area (Å²) >= 11 is 0. The first kappa shape index (κ1) is 21.3. The molecule has 0 saturated heterocycles. The third-order valence-corrected chi connectivity index (χ3v) is 5.45. The summed E-state index contributed by atoms with van der Waals surface area (Å²) in [5.74, 6) is 1.10. The number of carbonyl (C=O) groups excluding carboxylic acids is 1. The van der Waals surface area contributed by atoms with E-state index < -0.39 is 0 Å². The van der Waals surface area contributed by atoms with Crippen molar-refractivity contribution in [3.8, 4) is 22.5 Å². The van der Waals surface area contributed by atoms with Gasteiger partial charge in [-0.3, -0.25) is 9.78 Å². The van der Waals surface area contributed by atoms with Crippen molar-refractivity contribution in [1.29, 1.82) is 0 Å². The molecule has 0 aliphatic heterocycles. The number of para-hydroxylation sites is 1. The van der Waals surface area contributed by atoms with Crippen LogP contribution in [0.1, 0.15) is 12.6 Å². The number of nitrogens with one attached hydrogen (secondary N) is 2. The Kier molecular flexibility index (Phi) is 5.95. The van der Waals surface area contributed by atoms with Gasteiger partial charge in [-0.1, -0.05) is 60.7 Å². The van der Waals surface area contributed by atoms with Gasteiger partial charge < -0.3 is 10.6 Å². The first-order valence-corrected chi connectivity index (χ1v) is 11.1. The molecule has 2 aromatic heterocycles. The molecule has 0 atom stereocenters. The highest BCUT2D eigenvalue weighted by Crippen LogP contribution is 2.35. The Balaban J connectivity index is 1.69. The number of nitrogens with zero attached hydrogens (tertiary/aromatic N) is 3. The summed E-state index contributed by atoms with van der Waals surface area (Å²) in [6, 6.07) is 29.7. The fourth-order valence-corrected chi connectivity index (χ4v) is 3.94. The van der Waals surface area contributed by atoms with Crippen LogP contribution >= 0.6 is 0 Å². The molecule has 166 valence electrons. The molecule has 2 N–H and O–H groups in total. The molecule has 2 heterocycles. The number of hydrogen-bond donors (Lipinski definition) is 2. The second-order valence-corrected chi connectivity index (χ2v) is 7.86. The predicted octanol–water partition coefficient (Wildman–Crippen LogP) is 5.93. The van der Waals surface area contributed by atoms with Crippen LogP contribution in [0, 0.1) is 0 Å². The summed E-state index contributed by atoms with van der Waals surface area (Å²) in [7, 11) is 0. The molecule has 0 aliphatic carbocycles. The molecule has 0 bridgehead atoms. The smallest absolute Gasteiger partial charge is 0.221 e. The van der Waals surface area contributed by atoms with E-state index in [0.29, 0.717) is 23.9 Å².